The average molecular weight is 568 g/mol. The smallest absolute Gasteiger partial charge is 0.408 e. The molecule has 0 radical (unpaired) electrons. The molecule has 1 heterocycles. The van der Waals surface area contributed by atoms with Crippen LogP contribution >= 0.6 is 0 Å². The predicted octanol–water partition coefficient (Wildman–Crippen LogP) is 5.03. The highest BCUT2D eigenvalue weighted by Gasteiger charge is 2.30. The topological polar surface area (TPSA) is 108 Å². The molecule has 9 heteroatoms. The predicted molar refractivity (Wildman–Crippen MR) is 162 cm³/mol. The van der Waals surface area contributed by atoms with Gasteiger partial charge in [-0.25, -0.2) is 9.78 Å². The van der Waals surface area contributed by atoms with Crippen molar-refractivity contribution < 1.29 is 19.1 Å². The van der Waals surface area contributed by atoms with Gasteiger partial charge in [-0.3, -0.25) is 9.59 Å². The number of carbonyl (C=O) groups excluding carboxylic acids is 3. The molecule has 1 unspecified atom stereocenters. The molecule has 0 aliphatic carbocycles. The normalized spacial score (nSPS) is 11.4. The van der Waals surface area contributed by atoms with E-state index in [4.69, 9.17) is 4.74 Å². The number of nitrogens with one attached hydrogen (secondary N) is 2. The molecule has 0 saturated carbocycles. The summed E-state index contributed by atoms with van der Waals surface area (Å²) in [5.74, 6) is -0.623. The lowest BCUT2D eigenvalue weighted by Gasteiger charge is -2.30. The Hall–Kier alpha value is -4.92. The molecule has 0 fully saturated rings. The van der Waals surface area contributed by atoms with E-state index in [1.165, 1.54) is 11.2 Å². The van der Waals surface area contributed by atoms with E-state index in [1.807, 2.05) is 98.8 Å². The lowest BCUT2D eigenvalue weighted by Crippen LogP contribution is -2.52. The largest absolute Gasteiger partial charge is 0.445 e. The van der Waals surface area contributed by atoms with Crippen LogP contribution < -0.4 is 10.2 Å². The van der Waals surface area contributed by atoms with Crippen molar-refractivity contribution in [3.05, 3.63) is 120 Å². The van der Waals surface area contributed by atoms with Gasteiger partial charge in [0.1, 0.15) is 19.2 Å². The highest BCUT2D eigenvalue weighted by Crippen LogP contribution is 2.17. The Balaban J connectivity index is 1.57. The summed E-state index contributed by atoms with van der Waals surface area (Å²) < 4.78 is 5.42. The molecule has 0 spiro atoms. The minimum Gasteiger partial charge on any atom is -0.445 e. The van der Waals surface area contributed by atoms with Gasteiger partial charge < -0.3 is 24.8 Å². The van der Waals surface area contributed by atoms with Gasteiger partial charge in [0, 0.05) is 31.4 Å². The highest BCUT2D eigenvalue weighted by atomic mass is 16.5. The summed E-state index contributed by atoms with van der Waals surface area (Å²) in [5.41, 5.74) is 4.14. The maximum Gasteiger partial charge on any atom is 0.408 e. The number of H-pyrrole nitrogens is 1. The highest BCUT2D eigenvalue weighted by molar-refractivity contribution is 5.97. The molecule has 9 nitrogen and oxygen atoms in total. The van der Waals surface area contributed by atoms with Gasteiger partial charge in [0.05, 0.1) is 12.0 Å². The van der Waals surface area contributed by atoms with E-state index < -0.39 is 18.0 Å². The molecule has 4 rings (SSSR count). The summed E-state index contributed by atoms with van der Waals surface area (Å²) in [6.45, 7) is 4.59. The van der Waals surface area contributed by atoms with Crippen LogP contribution in [0.2, 0.25) is 0 Å². The van der Waals surface area contributed by atoms with Crippen LogP contribution in [0.4, 0.5) is 10.5 Å². The SMILES string of the molecule is CCCN(C(=O)CN(Cc1ccc(C)cc1)C(=O)C(Cc1c[nH]cn1)NC(=O)OCc1ccccc1)c1ccccc1. The number of alkyl carbamates (subject to hydrolysis) is 1. The number of benzene rings is 3. The third-order valence-electron chi connectivity index (χ3n) is 6.72. The van der Waals surface area contributed by atoms with Crippen molar-refractivity contribution in [3.63, 3.8) is 0 Å². The number of aromatic amines is 1. The number of anilines is 1. The zero-order valence-corrected chi connectivity index (χ0v) is 24.0. The van der Waals surface area contributed by atoms with Crippen LogP contribution in [-0.4, -0.2) is 51.9 Å². The first kappa shape index (κ1) is 30.0. The van der Waals surface area contributed by atoms with E-state index in [9.17, 15) is 14.4 Å². The monoisotopic (exact) mass is 567 g/mol. The molecule has 2 N–H and O–H groups in total. The van der Waals surface area contributed by atoms with Gasteiger partial charge in [-0.1, -0.05) is 85.3 Å². The number of carbonyl (C=O) groups is 3. The van der Waals surface area contributed by atoms with Gasteiger partial charge in [0.15, 0.2) is 0 Å². The molecule has 42 heavy (non-hydrogen) atoms. The second-order valence-corrected chi connectivity index (χ2v) is 10.1. The molecule has 0 saturated heterocycles. The standard InChI is InChI=1S/C33H37N5O4/c1-3-18-38(29-12-8-5-9-13-29)31(39)22-37(21-26-16-14-25(2)15-17-26)32(40)30(19-28-20-34-24-35-28)36-33(41)42-23-27-10-6-4-7-11-27/h4-17,20,24,30H,3,18-19,21-23H2,1-2H3,(H,34,35)(H,36,41). The number of aromatic nitrogens is 2. The van der Waals surface area contributed by atoms with E-state index in [1.54, 1.807) is 11.1 Å². The van der Waals surface area contributed by atoms with Gasteiger partial charge in [0.2, 0.25) is 11.8 Å². The number of hydrogen-bond acceptors (Lipinski definition) is 5. The summed E-state index contributed by atoms with van der Waals surface area (Å²) in [7, 11) is 0. The number of hydrogen-bond donors (Lipinski definition) is 2. The Morgan fingerprint density at radius 3 is 2.26 bits per heavy atom. The number of ether oxygens (including phenoxy) is 1. The van der Waals surface area contributed by atoms with Gasteiger partial charge in [-0.15, -0.1) is 0 Å². The lowest BCUT2D eigenvalue weighted by atomic mass is 10.1. The molecule has 1 atom stereocenters. The van der Waals surface area contributed by atoms with Crippen LogP contribution in [0.25, 0.3) is 0 Å². The van der Waals surface area contributed by atoms with E-state index in [2.05, 4.69) is 15.3 Å². The number of rotatable bonds is 13. The number of imidazole rings is 1. The van der Waals surface area contributed by atoms with Crippen molar-refractivity contribution >= 4 is 23.6 Å². The van der Waals surface area contributed by atoms with Gasteiger partial charge in [0.25, 0.3) is 0 Å². The molecule has 1 aromatic heterocycles. The first-order valence-electron chi connectivity index (χ1n) is 14.1. The lowest BCUT2D eigenvalue weighted by molar-refractivity contribution is -0.137. The molecule has 0 bridgehead atoms. The Bertz CT molecular complexity index is 1410. The minimum absolute atomic E-state index is 0.0601. The average Bonchev–Trinajstić information content (AvgIpc) is 3.53. The number of para-hydroxylation sites is 1. The first-order valence-corrected chi connectivity index (χ1v) is 14.1. The minimum atomic E-state index is -1.01. The summed E-state index contributed by atoms with van der Waals surface area (Å²) in [6.07, 6.45) is 3.33. The number of amides is 3. The van der Waals surface area contributed by atoms with Gasteiger partial charge >= 0.3 is 6.09 Å². The van der Waals surface area contributed by atoms with E-state index in [-0.39, 0.29) is 32.0 Å². The van der Waals surface area contributed by atoms with E-state index >= 15 is 0 Å². The summed E-state index contributed by atoms with van der Waals surface area (Å²) >= 11 is 0. The zero-order chi connectivity index (χ0) is 29.7. The molecule has 0 aliphatic rings. The quantitative estimate of drug-likeness (QED) is 0.236. The molecule has 3 amide bonds. The van der Waals surface area contributed by atoms with Crippen molar-refractivity contribution in [2.24, 2.45) is 0 Å². The fraction of sp³-hybridized carbons (Fsp3) is 0.273. The van der Waals surface area contributed by atoms with Gasteiger partial charge in [-0.2, -0.15) is 0 Å². The summed E-state index contributed by atoms with van der Waals surface area (Å²) in [4.78, 5) is 51.1. The van der Waals surface area contributed by atoms with Crippen LogP contribution in [0, 0.1) is 6.92 Å². The number of nitrogens with zero attached hydrogens (tertiary/aromatic N) is 3. The number of aryl methyl sites for hydroxylation is 1. The van der Waals surface area contributed by atoms with Crippen LogP contribution in [0.1, 0.15) is 35.7 Å². The molecule has 218 valence electrons. The molecular weight excluding hydrogens is 530 g/mol. The molecule has 3 aromatic carbocycles. The van der Waals surface area contributed by atoms with Crippen LogP contribution in [0.3, 0.4) is 0 Å². The van der Waals surface area contributed by atoms with Crippen LogP contribution in [0.15, 0.2) is 97.5 Å². The second-order valence-electron chi connectivity index (χ2n) is 10.1. The van der Waals surface area contributed by atoms with E-state index in [0.29, 0.717) is 12.2 Å². The third kappa shape index (κ3) is 8.79. The summed E-state index contributed by atoms with van der Waals surface area (Å²) in [5, 5.41) is 2.73. The van der Waals surface area contributed by atoms with Crippen molar-refractivity contribution in [1.82, 2.24) is 20.2 Å². The van der Waals surface area contributed by atoms with Crippen molar-refractivity contribution in [1.29, 1.82) is 0 Å². The Morgan fingerprint density at radius 2 is 1.62 bits per heavy atom. The maximum absolute atomic E-state index is 14.2. The molecule has 0 aliphatic heterocycles. The fourth-order valence-electron chi connectivity index (χ4n) is 4.54. The van der Waals surface area contributed by atoms with E-state index in [0.717, 1.165) is 28.8 Å². The zero-order valence-electron chi connectivity index (χ0n) is 24.0. The molecule has 4 aromatic rings. The van der Waals surface area contributed by atoms with Gasteiger partial charge in [-0.05, 0) is 36.6 Å². The Kier molecular flexibility index (Phi) is 10.9. The molecular formula is C33H37N5O4. The Labute approximate surface area is 246 Å². The van der Waals surface area contributed by atoms with Crippen molar-refractivity contribution in [2.45, 2.75) is 45.9 Å². The van der Waals surface area contributed by atoms with Crippen molar-refractivity contribution in [3.8, 4) is 0 Å². The van der Waals surface area contributed by atoms with Crippen LogP contribution in [0.5, 0.6) is 0 Å². The van der Waals surface area contributed by atoms with Crippen molar-refractivity contribution in [2.75, 3.05) is 18.0 Å². The Morgan fingerprint density at radius 1 is 0.929 bits per heavy atom. The van der Waals surface area contributed by atoms with Crippen LogP contribution in [-0.2, 0) is 33.9 Å². The maximum atomic E-state index is 14.2. The third-order valence-corrected chi connectivity index (χ3v) is 6.72. The first-order chi connectivity index (χ1) is 20.4. The fourth-order valence-corrected chi connectivity index (χ4v) is 4.54. The summed E-state index contributed by atoms with van der Waals surface area (Å²) in [6, 6.07) is 25.5. The second kappa shape index (κ2) is 15.2.